The molecule has 0 fully saturated rings. The summed E-state index contributed by atoms with van der Waals surface area (Å²) >= 11 is 1.44. The van der Waals surface area contributed by atoms with Gasteiger partial charge in [0.05, 0.1) is 12.4 Å². The van der Waals surface area contributed by atoms with Gasteiger partial charge in [0.15, 0.2) is 11.0 Å². The minimum Gasteiger partial charge on any atom is -0.497 e. The maximum Gasteiger partial charge on any atom is 0.237 e. The predicted octanol–water partition coefficient (Wildman–Crippen LogP) is 4.48. The number of hydrogen-bond acceptors (Lipinski definition) is 5. The van der Waals surface area contributed by atoms with Crippen molar-refractivity contribution in [3.63, 3.8) is 0 Å². The fourth-order valence-corrected chi connectivity index (χ4v) is 3.83. The van der Waals surface area contributed by atoms with Crippen LogP contribution in [0, 0.1) is 0 Å². The van der Waals surface area contributed by atoms with Crippen LogP contribution in [0.4, 0.5) is 5.69 Å². The fraction of sp³-hybridized carbons (Fsp3) is 0.286. The third-order valence-electron chi connectivity index (χ3n) is 4.33. The Labute approximate surface area is 169 Å². The normalized spacial score (nSPS) is 11.8. The molecule has 0 bridgehead atoms. The molecule has 146 valence electrons. The van der Waals surface area contributed by atoms with Gasteiger partial charge in [0.1, 0.15) is 5.75 Å². The van der Waals surface area contributed by atoms with Crippen LogP contribution in [0.3, 0.4) is 0 Å². The molecule has 0 radical (unpaired) electrons. The molecule has 0 aliphatic rings. The summed E-state index contributed by atoms with van der Waals surface area (Å²) in [6.45, 7) is 4.76. The molecule has 1 unspecified atom stereocenters. The van der Waals surface area contributed by atoms with Gasteiger partial charge in [-0.1, -0.05) is 36.9 Å². The molecule has 28 heavy (non-hydrogen) atoms. The first-order valence-corrected chi connectivity index (χ1v) is 10.1. The largest absolute Gasteiger partial charge is 0.497 e. The number of benzene rings is 2. The second kappa shape index (κ2) is 9.41. The van der Waals surface area contributed by atoms with Crippen LogP contribution in [0.5, 0.6) is 5.75 Å². The van der Waals surface area contributed by atoms with Crippen molar-refractivity contribution in [3.05, 3.63) is 54.6 Å². The smallest absolute Gasteiger partial charge is 0.237 e. The first kappa shape index (κ1) is 19.9. The van der Waals surface area contributed by atoms with Gasteiger partial charge in [0, 0.05) is 17.8 Å². The lowest BCUT2D eigenvalue weighted by molar-refractivity contribution is -0.115. The third-order valence-corrected chi connectivity index (χ3v) is 5.68. The van der Waals surface area contributed by atoms with Crippen LogP contribution in [0.15, 0.2) is 59.8 Å². The van der Waals surface area contributed by atoms with Crippen LogP contribution in [0.2, 0.25) is 0 Å². The van der Waals surface area contributed by atoms with E-state index in [0.29, 0.717) is 13.0 Å². The van der Waals surface area contributed by atoms with Crippen molar-refractivity contribution in [2.24, 2.45) is 0 Å². The average Bonchev–Trinajstić information content (AvgIpc) is 3.15. The summed E-state index contributed by atoms with van der Waals surface area (Å²) in [5.41, 5.74) is 1.76. The van der Waals surface area contributed by atoms with Crippen LogP contribution < -0.4 is 10.1 Å². The van der Waals surface area contributed by atoms with Crippen LogP contribution in [0.1, 0.15) is 20.3 Å². The molecule has 1 N–H and O–H groups in total. The number of rotatable bonds is 8. The van der Waals surface area contributed by atoms with E-state index in [2.05, 4.69) is 15.5 Å². The number of anilines is 1. The standard InChI is InChI=1S/C21H24N4O2S/c1-4-18(20(26)22-16-9-7-6-8-10-16)28-21-24-23-19(25(21)5-2)15-11-13-17(27-3)14-12-15/h6-14,18H,4-5H2,1-3H3,(H,22,26). The molecule has 0 aliphatic heterocycles. The van der Waals surface area contributed by atoms with E-state index in [9.17, 15) is 4.79 Å². The van der Waals surface area contributed by atoms with Crippen molar-refractivity contribution >= 4 is 23.4 Å². The van der Waals surface area contributed by atoms with E-state index in [4.69, 9.17) is 4.74 Å². The van der Waals surface area contributed by atoms with E-state index in [1.54, 1.807) is 7.11 Å². The lowest BCUT2D eigenvalue weighted by Crippen LogP contribution is -2.25. The molecule has 3 aromatic rings. The number of para-hydroxylation sites is 1. The van der Waals surface area contributed by atoms with E-state index in [1.807, 2.05) is 73.0 Å². The molecule has 7 heteroatoms. The Hall–Kier alpha value is -2.80. The molecule has 0 spiro atoms. The summed E-state index contributed by atoms with van der Waals surface area (Å²) in [5.74, 6) is 1.55. The molecule has 1 heterocycles. The van der Waals surface area contributed by atoms with Crippen molar-refractivity contribution in [2.75, 3.05) is 12.4 Å². The van der Waals surface area contributed by atoms with Gasteiger partial charge in [0.2, 0.25) is 5.91 Å². The summed E-state index contributed by atoms with van der Waals surface area (Å²) in [5, 5.41) is 12.2. The van der Waals surface area contributed by atoms with Crippen molar-refractivity contribution < 1.29 is 9.53 Å². The summed E-state index contributed by atoms with van der Waals surface area (Å²) < 4.78 is 7.25. The lowest BCUT2D eigenvalue weighted by atomic mass is 10.2. The maximum absolute atomic E-state index is 12.7. The number of ether oxygens (including phenoxy) is 1. The number of amides is 1. The Morgan fingerprint density at radius 3 is 2.43 bits per heavy atom. The van der Waals surface area contributed by atoms with Crippen molar-refractivity contribution in [3.8, 4) is 17.1 Å². The second-order valence-electron chi connectivity index (χ2n) is 6.15. The molecule has 2 aromatic carbocycles. The first-order valence-electron chi connectivity index (χ1n) is 9.26. The Balaban J connectivity index is 1.78. The molecule has 1 aromatic heterocycles. The van der Waals surface area contributed by atoms with E-state index in [0.717, 1.165) is 28.0 Å². The van der Waals surface area contributed by atoms with Gasteiger partial charge < -0.3 is 14.6 Å². The van der Waals surface area contributed by atoms with Crippen molar-refractivity contribution in [1.82, 2.24) is 14.8 Å². The Morgan fingerprint density at radius 2 is 1.82 bits per heavy atom. The summed E-state index contributed by atoms with van der Waals surface area (Å²) in [7, 11) is 1.64. The van der Waals surface area contributed by atoms with Gasteiger partial charge in [-0.25, -0.2) is 0 Å². The van der Waals surface area contributed by atoms with Gasteiger partial charge in [0.25, 0.3) is 0 Å². The highest BCUT2D eigenvalue weighted by atomic mass is 32.2. The molecule has 1 amide bonds. The topological polar surface area (TPSA) is 69.0 Å². The predicted molar refractivity (Wildman–Crippen MR) is 113 cm³/mol. The van der Waals surface area contributed by atoms with Crippen molar-refractivity contribution in [2.45, 2.75) is 37.2 Å². The van der Waals surface area contributed by atoms with Gasteiger partial charge in [-0.15, -0.1) is 10.2 Å². The van der Waals surface area contributed by atoms with Gasteiger partial charge in [-0.2, -0.15) is 0 Å². The zero-order valence-corrected chi connectivity index (χ0v) is 17.1. The number of aromatic nitrogens is 3. The average molecular weight is 397 g/mol. The number of carbonyl (C=O) groups is 1. The lowest BCUT2D eigenvalue weighted by Gasteiger charge is -2.15. The quantitative estimate of drug-likeness (QED) is 0.569. The second-order valence-corrected chi connectivity index (χ2v) is 7.32. The third kappa shape index (κ3) is 4.54. The van der Waals surface area contributed by atoms with Crippen LogP contribution in [0.25, 0.3) is 11.4 Å². The van der Waals surface area contributed by atoms with E-state index >= 15 is 0 Å². The Morgan fingerprint density at radius 1 is 1.11 bits per heavy atom. The number of carbonyl (C=O) groups excluding carboxylic acids is 1. The highest BCUT2D eigenvalue weighted by Crippen LogP contribution is 2.29. The first-order chi connectivity index (χ1) is 13.7. The van der Waals surface area contributed by atoms with Crippen molar-refractivity contribution in [1.29, 1.82) is 0 Å². The van der Waals surface area contributed by atoms with E-state index in [-0.39, 0.29) is 11.2 Å². The zero-order valence-electron chi connectivity index (χ0n) is 16.3. The number of hydrogen-bond donors (Lipinski definition) is 1. The molecular weight excluding hydrogens is 372 g/mol. The molecule has 0 saturated heterocycles. The Bertz CT molecular complexity index is 910. The summed E-state index contributed by atoms with van der Waals surface area (Å²) in [4.78, 5) is 12.7. The highest BCUT2D eigenvalue weighted by molar-refractivity contribution is 8.00. The highest BCUT2D eigenvalue weighted by Gasteiger charge is 2.22. The molecule has 0 saturated carbocycles. The minimum absolute atomic E-state index is 0.0321. The SMILES string of the molecule is CCC(Sc1nnc(-c2ccc(OC)cc2)n1CC)C(=O)Nc1ccccc1. The Kier molecular flexibility index (Phi) is 6.71. The molecule has 0 aliphatic carbocycles. The summed E-state index contributed by atoms with van der Waals surface area (Å²) in [6.07, 6.45) is 0.692. The number of methoxy groups -OCH3 is 1. The number of nitrogens with one attached hydrogen (secondary N) is 1. The van der Waals surface area contributed by atoms with E-state index in [1.165, 1.54) is 11.8 Å². The molecule has 1 atom stereocenters. The van der Waals surface area contributed by atoms with E-state index < -0.39 is 0 Å². The number of nitrogens with zero attached hydrogens (tertiary/aromatic N) is 3. The van der Waals surface area contributed by atoms with Gasteiger partial charge in [-0.05, 0) is 49.7 Å². The molecular formula is C21H24N4O2S. The monoisotopic (exact) mass is 396 g/mol. The molecule has 6 nitrogen and oxygen atoms in total. The van der Waals surface area contributed by atoms with Crippen LogP contribution >= 0.6 is 11.8 Å². The molecule has 3 rings (SSSR count). The van der Waals surface area contributed by atoms with Crippen LogP contribution in [-0.2, 0) is 11.3 Å². The number of thioether (sulfide) groups is 1. The summed E-state index contributed by atoms with van der Waals surface area (Å²) in [6, 6.07) is 17.2. The zero-order chi connectivity index (χ0) is 19.9. The maximum atomic E-state index is 12.7. The van der Waals surface area contributed by atoms with Crippen LogP contribution in [-0.4, -0.2) is 33.0 Å². The van der Waals surface area contributed by atoms with Gasteiger partial charge >= 0.3 is 0 Å². The minimum atomic E-state index is -0.251. The fourth-order valence-electron chi connectivity index (χ4n) is 2.81. The van der Waals surface area contributed by atoms with Gasteiger partial charge in [-0.3, -0.25) is 4.79 Å².